The van der Waals surface area contributed by atoms with E-state index in [1.165, 1.54) is 38.2 Å². The van der Waals surface area contributed by atoms with E-state index in [4.69, 9.17) is 14.2 Å². The van der Waals surface area contributed by atoms with Crippen molar-refractivity contribution < 1.29 is 35.8 Å². The summed E-state index contributed by atoms with van der Waals surface area (Å²) < 4.78 is 94.7. The Hall–Kier alpha value is -5.72. The number of hydrogen-bond donors (Lipinski definition) is 0. The van der Waals surface area contributed by atoms with E-state index in [-0.39, 0.29) is 36.9 Å². The third-order valence-corrected chi connectivity index (χ3v) is 11.6. The van der Waals surface area contributed by atoms with Crippen LogP contribution in [0.2, 0.25) is 0 Å². The molecule has 1 heterocycles. The van der Waals surface area contributed by atoms with Crippen LogP contribution in [0.15, 0.2) is 101 Å². The lowest BCUT2D eigenvalue weighted by atomic mass is 9.79. The molecule has 286 valence electrons. The first-order valence-electron chi connectivity index (χ1n) is 17.4. The molecule has 11 nitrogen and oxygen atoms in total. The molecule has 0 saturated heterocycles. The van der Waals surface area contributed by atoms with Gasteiger partial charge in [0.25, 0.3) is 0 Å². The second kappa shape index (κ2) is 16.7. The minimum absolute atomic E-state index is 0.0304. The Morgan fingerprint density at radius 3 is 1.80 bits per heavy atom. The molecule has 0 spiro atoms. The number of hydrogen-bond acceptors (Lipinski definition) is 9. The first-order valence-corrected chi connectivity index (χ1v) is 18.9. The van der Waals surface area contributed by atoms with Crippen molar-refractivity contribution in [3.63, 3.8) is 0 Å². The highest BCUT2D eigenvalue weighted by molar-refractivity contribution is 7.89. The second-order valence-corrected chi connectivity index (χ2v) is 15.0. The fourth-order valence-corrected chi connectivity index (χ4v) is 8.64. The Morgan fingerprint density at radius 2 is 1.33 bits per heavy atom. The van der Waals surface area contributed by atoms with Crippen molar-refractivity contribution in [2.24, 2.45) is 0 Å². The third-order valence-electron chi connectivity index (χ3n) is 9.71. The summed E-state index contributed by atoms with van der Waals surface area (Å²) in [4.78, 5) is -0.927. The molecule has 1 saturated carbocycles. The highest BCUT2D eigenvalue weighted by Gasteiger charge is 2.44. The number of alkyl halides is 3. The van der Waals surface area contributed by atoms with E-state index in [1.54, 1.807) is 72.8 Å². The van der Waals surface area contributed by atoms with Crippen LogP contribution >= 0.6 is 0 Å². The van der Waals surface area contributed by atoms with Gasteiger partial charge in [-0.15, -0.1) is 5.10 Å². The van der Waals surface area contributed by atoms with E-state index >= 15 is 21.6 Å². The Labute approximate surface area is 317 Å². The zero-order valence-corrected chi connectivity index (χ0v) is 31.3. The number of halogens is 3. The van der Waals surface area contributed by atoms with E-state index in [9.17, 15) is 5.26 Å². The largest absolute Gasteiger partial charge is 0.497 e. The molecule has 0 atom stereocenters. The number of nitriles is 1. The van der Waals surface area contributed by atoms with E-state index in [2.05, 4.69) is 21.6 Å². The standard InChI is InChI=1S/C40H39F3N6O5S/c1-52-32-14-6-28(7-15-32)24-48(25-29-8-16-33(53-2)17-9-29)55(50,51)38-36(40(41,42)43)21-20-35(31-12-4-27(5-13-31)22-23-44)37(38)39-45-46-47-49(39)26-30-10-18-34(54-3)19-11-30/h6-11,14-22,31H,4-5,12-13,24-26H2,1-3H3. The van der Waals surface area contributed by atoms with Gasteiger partial charge in [0.1, 0.15) is 22.1 Å². The molecule has 0 N–H and O–H groups in total. The smallest absolute Gasteiger partial charge is 0.417 e. The average Bonchev–Trinajstić information content (AvgIpc) is 3.65. The highest BCUT2D eigenvalue weighted by atomic mass is 32.2. The van der Waals surface area contributed by atoms with Crippen LogP contribution in [-0.2, 0) is 35.8 Å². The predicted octanol–water partition coefficient (Wildman–Crippen LogP) is 7.93. The number of methoxy groups -OCH3 is 3. The van der Waals surface area contributed by atoms with Gasteiger partial charge in [-0.1, -0.05) is 48.0 Å². The number of benzene rings is 4. The van der Waals surface area contributed by atoms with Gasteiger partial charge in [0.15, 0.2) is 5.82 Å². The topological polar surface area (TPSA) is 132 Å². The molecule has 0 unspecified atom stereocenters. The van der Waals surface area contributed by atoms with Crippen LogP contribution in [0.1, 0.15) is 59.4 Å². The van der Waals surface area contributed by atoms with Crippen molar-refractivity contribution >= 4 is 10.0 Å². The lowest BCUT2D eigenvalue weighted by Gasteiger charge is -2.30. The van der Waals surface area contributed by atoms with Gasteiger partial charge in [-0.3, -0.25) is 0 Å². The molecule has 1 aromatic heterocycles. The van der Waals surface area contributed by atoms with Crippen LogP contribution in [0, 0.1) is 11.3 Å². The summed E-state index contributed by atoms with van der Waals surface area (Å²) in [6, 6.07) is 24.6. The lowest BCUT2D eigenvalue weighted by Crippen LogP contribution is -2.33. The van der Waals surface area contributed by atoms with Gasteiger partial charge in [0, 0.05) is 24.7 Å². The van der Waals surface area contributed by atoms with Gasteiger partial charge in [-0.2, -0.15) is 22.7 Å². The molecular formula is C40H39F3N6O5S. The van der Waals surface area contributed by atoms with Gasteiger partial charge in [0.2, 0.25) is 10.0 Å². The number of allylic oxidation sites excluding steroid dienone is 2. The summed E-state index contributed by atoms with van der Waals surface area (Å²) in [6.07, 6.45) is -1.58. The normalized spacial score (nSPS) is 14.7. The zero-order valence-electron chi connectivity index (χ0n) is 30.5. The molecule has 1 fully saturated rings. The van der Waals surface area contributed by atoms with E-state index in [0.29, 0.717) is 65.2 Å². The van der Waals surface area contributed by atoms with E-state index in [0.717, 1.165) is 15.9 Å². The number of sulfonamides is 1. The molecule has 0 radical (unpaired) electrons. The fourth-order valence-electron chi connectivity index (χ4n) is 6.81. The van der Waals surface area contributed by atoms with E-state index < -0.39 is 26.7 Å². The third kappa shape index (κ3) is 8.82. The van der Waals surface area contributed by atoms with Gasteiger partial charge < -0.3 is 14.2 Å². The van der Waals surface area contributed by atoms with Crippen molar-refractivity contribution in [1.29, 1.82) is 5.26 Å². The van der Waals surface area contributed by atoms with Crippen LogP contribution in [0.4, 0.5) is 13.2 Å². The lowest BCUT2D eigenvalue weighted by molar-refractivity contribution is -0.139. The number of nitrogens with zero attached hydrogens (tertiary/aromatic N) is 6. The zero-order chi connectivity index (χ0) is 39.2. The number of tetrazole rings is 1. The first kappa shape index (κ1) is 39.0. The minimum Gasteiger partial charge on any atom is -0.497 e. The summed E-state index contributed by atoms with van der Waals surface area (Å²) in [5, 5.41) is 21.5. The van der Waals surface area contributed by atoms with Gasteiger partial charge in [-0.25, -0.2) is 13.1 Å². The fraction of sp³-hybridized carbons (Fsp3) is 0.300. The molecule has 4 aromatic carbocycles. The number of rotatable bonds is 13. The number of ether oxygens (including phenoxy) is 3. The summed E-state index contributed by atoms with van der Waals surface area (Å²) in [6.45, 7) is -0.494. The maximum atomic E-state index is 15.3. The van der Waals surface area contributed by atoms with Crippen LogP contribution in [0.5, 0.6) is 17.2 Å². The first-order chi connectivity index (χ1) is 26.4. The molecule has 5 aromatic rings. The molecule has 15 heteroatoms. The minimum atomic E-state index is -5.08. The van der Waals surface area contributed by atoms with Crippen molar-refractivity contribution in [3.8, 4) is 34.7 Å². The quantitative estimate of drug-likeness (QED) is 0.110. The molecule has 0 aliphatic heterocycles. The molecule has 55 heavy (non-hydrogen) atoms. The maximum absolute atomic E-state index is 15.3. The van der Waals surface area contributed by atoms with Crippen molar-refractivity contribution in [3.05, 3.63) is 124 Å². The Morgan fingerprint density at radius 1 is 0.818 bits per heavy atom. The molecule has 1 aliphatic carbocycles. The van der Waals surface area contributed by atoms with Gasteiger partial charge >= 0.3 is 6.18 Å². The SMILES string of the molecule is COc1ccc(CN(Cc2ccc(OC)cc2)S(=O)(=O)c2c(C(F)(F)F)ccc(C3CCC(=CC#N)CC3)c2-c2nnnn2Cc2ccc(OC)cc2)cc1. The van der Waals surface area contributed by atoms with Crippen molar-refractivity contribution in [1.82, 2.24) is 24.5 Å². The average molecular weight is 773 g/mol. The maximum Gasteiger partial charge on any atom is 0.417 e. The molecular weight excluding hydrogens is 734 g/mol. The Balaban J connectivity index is 1.58. The van der Waals surface area contributed by atoms with Crippen molar-refractivity contribution in [2.45, 2.75) is 62.3 Å². The Kier molecular flexibility index (Phi) is 11.9. The van der Waals surface area contributed by atoms with Crippen LogP contribution in [0.3, 0.4) is 0 Å². The molecule has 0 bridgehead atoms. The molecule has 0 amide bonds. The van der Waals surface area contributed by atoms with Gasteiger partial charge in [0.05, 0.1) is 39.5 Å². The number of aromatic nitrogens is 4. The highest BCUT2D eigenvalue weighted by Crippen LogP contribution is 2.47. The second-order valence-electron chi connectivity index (χ2n) is 13.1. The monoisotopic (exact) mass is 772 g/mol. The Bertz CT molecular complexity index is 2230. The van der Waals surface area contributed by atoms with Crippen LogP contribution < -0.4 is 14.2 Å². The summed E-state index contributed by atoms with van der Waals surface area (Å²) in [7, 11) is -0.482. The van der Waals surface area contributed by atoms with E-state index in [1.807, 2.05) is 0 Å². The summed E-state index contributed by atoms with van der Waals surface area (Å²) in [5.74, 6) is 1.19. The molecule has 6 rings (SSSR count). The predicted molar refractivity (Wildman–Crippen MR) is 198 cm³/mol. The van der Waals surface area contributed by atoms with Crippen LogP contribution in [-0.4, -0.2) is 54.3 Å². The summed E-state index contributed by atoms with van der Waals surface area (Å²) >= 11 is 0. The van der Waals surface area contributed by atoms with Crippen LogP contribution in [0.25, 0.3) is 11.4 Å². The molecule has 1 aliphatic rings. The van der Waals surface area contributed by atoms with Crippen molar-refractivity contribution in [2.75, 3.05) is 21.3 Å². The summed E-state index contributed by atoms with van der Waals surface area (Å²) in [5.41, 5.74) is 1.52. The van der Waals surface area contributed by atoms with Gasteiger partial charge in [-0.05, 0) is 107 Å².